The van der Waals surface area contributed by atoms with Crippen LogP contribution in [-0.4, -0.2) is 49.5 Å². The van der Waals surface area contributed by atoms with Crippen molar-refractivity contribution in [1.82, 2.24) is 15.0 Å². The number of phenolic OH excluding ortho intramolecular Hbond substituents is 1. The van der Waals surface area contributed by atoms with E-state index in [1.165, 1.54) is 30.8 Å². The van der Waals surface area contributed by atoms with Gasteiger partial charge in [0, 0.05) is 5.57 Å². The molecule has 0 aliphatic heterocycles. The SMILES string of the molecule is C=C(C)C(=O)OC(O)C(C)OC(=O)c1ccc2nn(-c3cc(C)ccc3O)nc2c1. The van der Waals surface area contributed by atoms with E-state index < -0.39 is 24.3 Å². The molecule has 1 heterocycles. The smallest absolute Gasteiger partial charge is 0.338 e. The molecule has 0 saturated heterocycles. The highest BCUT2D eigenvalue weighted by Crippen LogP contribution is 2.23. The lowest BCUT2D eigenvalue weighted by Crippen LogP contribution is -2.33. The number of fused-ring (bicyclic) bond motifs is 1. The summed E-state index contributed by atoms with van der Waals surface area (Å²) in [4.78, 5) is 25.2. The minimum absolute atomic E-state index is 0.0210. The lowest BCUT2D eigenvalue weighted by molar-refractivity contribution is -0.180. The van der Waals surface area contributed by atoms with Crippen molar-refractivity contribution in [2.45, 2.75) is 33.2 Å². The Hall–Kier alpha value is -3.72. The number of aliphatic hydroxyl groups excluding tert-OH is 1. The van der Waals surface area contributed by atoms with Crippen molar-refractivity contribution < 1.29 is 29.3 Å². The maximum Gasteiger partial charge on any atom is 0.338 e. The van der Waals surface area contributed by atoms with E-state index >= 15 is 0 Å². The van der Waals surface area contributed by atoms with Crippen molar-refractivity contribution in [2.24, 2.45) is 0 Å². The number of esters is 2. The molecule has 0 fully saturated rings. The molecule has 1 aromatic heterocycles. The highest BCUT2D eigenvalue weighted by Gasteiger charge is 2.24. The Balaban J connectivity index is 1.78. The number of ether oxygens (including phenoxy) is 2. The van der Waals surface area contributed by atoms with Crippen LogP contribution in [0.5, 0.6) is 5.75 Å². The normalized spacial score (nSPS) is 12.9. The van der Waals surface area contributed by atoms with Crippen LogP contribution in [-0.2, 0) is 14.3 Å². The molecule has 9 nitrogen and oxygen atoms in total. The molecule has 0 bridgehead atoms. The molecule has 2 unspecified atom stereocenters. The van der Waals surface area contributed by atoms with Crippen LogP contribution in [0.25, 0.3) is 16.7 Å². The van der Waals surface area contributed by atoms with Crippen molar-refractivity contribution in [1.29, 1.82) is 0 Å². The van der Waals surface area contributed by atoms with Gasteiger partial charge >= 0.3 is 11.9 Å². The first-order valence-corrected chi connectivity index (χ1v) is 9.08. The molecule has 0 radical (unpaired) electrons. The molecule has 156 valence electrons. The molecule has 0 saturated carbocycles. The van der Waals surface area contributed by atoms with Gasteiger partial charge in [-0.25, -0.2) is 9.59 Å². The number of hydrogen-bond acceptors (Lipinski definition) is 8. The average molecular weight is 411 g/mol. The minimum atomic E-state index is -1.63. The fraction of sp³-hybridized carbons (Fsp3) is 0.238. The van der Waals surface area contributed by atoms with Gasteiger partial charge in [-0.2, -0.15) is 0 Å². The van der Waals surface area contributed by atoms with E-state index in [1.54, 1.807) is 24.3 Å². The largest absolute Gasteiger partial charge is 0.506 e. The summed E-state index contributed by atoms with van der Waals surface area (Å²) in [5.41, 5.74) is 2.54. The van der Waals surface area contributed by atoms with Crippen molar-refractivity contribution in [3.8, 4) is 11.4 Å². The number of benzene rings is 2. The van der Waals surface area contributed by atoms with E-state index in [0.29, 0.717) is 16.7 Å². The van der Waals surface area contributed by atoms with Crippen LogP contribution in [0, 0.1) is 6.92 Å². The monoisotopic (exact) mass is 411 g/mol. The number of hydrogen-bond donors (Lipinski definition) is 2. The number of rotatable bonds is 6. The second-order valence-electron chi connectivity index (χ2n) is 6.87. The third-order valence-electron chi connectivity index (χ3n) is 4.23. The molecule has 3 aromatic rings. The van der Waals surface area contributed by atoms with Crippen LogP contribution in [0.1, 0.15) is 29.8 Å². The summed E-state index contributed by atoms with van der Waals surface area (Å²) in [5, 5.41) is 28.6. The van der Waals surface area contributed by atoms with E-state index in [9.17, 15) is 19.8 Å². The van der Waals surface area contributed by atoms with Crippen LogP contribution in [0.2, 0.25) is 0 Å². The summed E-state index contributed by atoms with van der Waals surface area (Å²) in [5.74, 6) is -1.50. The van der Waals surface area contributed by atoms with Gasteiger partial charge < -0.3 is 19.7 Å². The Morgan fingerprint density at radius 3 is 2.50 bits per heavy atom. The highest BCUT2D eigenvalue weighted by molar-refractivity contribution is 5.93. The van der Waals surface area contributed by atoms with Gasteiger partial charge in [0.05, 0.1) is 5.56 Å². The number of aromatic nitrogens is 3. The zero-order chi connectivity index (χ0) is 22.0. The second kappa shape index (κ2) is 8.34. The first-order chi connectivity index (χ1) is 14.2. The number of phenols is 1. The molecule has 0 amide bonds. The number of carbonyl (C=O) groups excluding carboxylic acids is 2. The Kier molecular flexibility index (Phi) is 5.84. The number of aromatic hydroxyl groups is 1. The molecule has 30 heavy (non-hydrogen) atoms. The third-order valence-corrected chi connectivity index (χ3v) is 4.23. The zero-order valence-corrected chi connectivity index (χ0v) is 16.7. The molecular weight excluding hydrogens is 390 g/mol. The Bertz CT molecular complexity index is 1140. The van der Waals surface area contributed by atoms with Gasteiger partial charge in [0.15, 0.2) is 6.10 Å². The first-order valence-electron chi connectivity index (χ1n) is 9.08. The lowest BCUT2D eigenvalue weighted by Gasteiger charge is -2.19. The number of nitrogens with zero attached hydrogens (tertiary/aromatic N) is 3. The lowest BCUT2D eigenvalue weighted by atomic mass is 10.2. The van der Waals surface area contributed by atoms with E-state index in [0.717, 1.165) is 5.56 Å². The summed E-state index contributed by atoms with van der Waals surface area (Å²) in [7, 11) is 0. The number of carbonyl (C=O) groups is 2. The van der Waals surface area contributed by atoms with Gasteiger partial charge in [0.25, 0.3) is 0 Å². The molecule has 3 rings (SSSR count). The predicted octanol–water partition coefficient (Wildman–Crippen LogP) is 2.42. The maximum absolute atomic E-state index is 12.4. The van der Waals surface area contributed by atoms with Crippen LogP contribution in [0.15, 0.2) is 48.6 Å². The predicted molar refractivity (Wildman–Crippen MR) is 107 cm³/mol. The summed E-state index contributed by atoms with van der Waals surface area (Å²) >= 11 is 0. The maximum atomic E-state index is 12.4. The van der Waals surface area contributed by atoms with E-state index in [2.05, 4.69) is 16.8 Å². The number of aliphatic hydroxyl groups is 1. The average Bonchev–Trinajstić information content (AvgIpc) is 3.12. The van der Waals surface area contributed by atoms with Gasteiger partial charge in [-0.05, 0) is 56.7 Å². The molecule has 9 heteroatoms. The minimum Gasteiger partial charge on any atom is -0.506 e. The molecule has 2 atom stereocenters. The van der Waals surface area contributed by atoms with Crippen molar-refractivity contribution in [3.05, 3.63) is 59.7 Å². The third kappa shape index (κ3) is 4.47. The molecule has 0 spiro atoms. The van der Waals surface area contributed by atoms with Crippen molar-refractivity contribution in [3.63, 3.8) is 0 Å². The molecule has 0 aliphatic carbocycles. The number of aryl methyl sites for hydroxylation is 1. The molecule has 0 aliphatic rings. The quantitative estimate of drug-likeness (QED) is 0.360. The van der Waals surface area contributed by atoms with Crippen LogP contribution in [0.4, 0.5) is 0 Å². The summed E-state index contributed by atoms with van der Waals surface area (Å²) in [6, 6.07) is 9.61. The van der Waals surface area contributed by atoms with Gasteiger partial charge in [-0.3, -0.25) is 0 Å². The van der Waals surface area contributed by atoms with Crippen LogP contribution >= 0.6 is 0 Å². The van der Waals surface area contributed by atoms with E-state index in [1.807, 2.05) is 6.92 Å². The molecular formula is C21H21N3O6. The molecule has 2 aromatic carbocycles. The van der Waals surface area contributed by atoms with Crippen LogP contribution < -0.4 is 0 Å². The molecule has 2 N–H and O–H groups in total. The van der Waals surface area contributed by atoms with Crippen molar-refractivity contribution >= 4 is 23.0 Å². The fourth-order valence-corrected chi connectivity index (χ4v) is 2.54. The summed E-state index contributed by atoms with van der Waals surface area (Å²) in [6.07, 6.45) is -2.73. The first kappa shape index (κ1) is 21.0. The fourth-order valence-electron chi connectivity index (χ4n) is 2.54. The zero-order valence-electron chi connectivity index (χ0n) is 16.7. The van der Waals surface area contributed by atoms with Gasteiger partial charge in [0.2, 0.25) is 6.29 Å². The Morgan fingerprint density at radius 2 is 1.80 bits per heavy atom. The topological polar surface area (TPSA) is 124 Å². The van der Waals surface area contributed by atoms with E-state index in [-0.39, 0.29) is 16.9 Å². The van der Waals surface area contributed by atoms with E-state index in [4.69, 9.17) is 9.47 Å². The van der Waals surface area contributed by atoms with Crippen molar-refractivity contribution in [2.75, 3.05) is 0 Å². The van der Waals surface area contributed by atoms with Crippen LogP contribution in [0.3, 0.4) is 0 Å². The summed E-state index contributed by atoms with van der Waals surface area (Å²) in [6.45, 7) is 8.12. The standard InChI is InChI=1S/C21H21N3O6/c1-11(2)19(26)30-20(27)13(4)29-21(28)14-6-7-15-16(10-14)23-24(22-15)17-9-12(3)5-8-18(17)25/h5-10,13,20,25,27H,1H2,2-4H3. The summed E-state index contributed by atoms with van der Waals surface area (Å²) < 4.78 is 9.91. The highest BCUT2D eigenvalue weighted by atomic mass is 16.7. The van der Waals surface area contributed by atoms with Gasteiger partial charge in [-0.15, -0.1) is 15.0 Å². The Morgan fingerprint density at radius 1 is 1.10 bits per heavy atom. The Labute approximate surface area is 172 Å². The van der Waals surface area contributed by atoms with Gasteiger partial charge in [0.1, 0.15) is 22.5 Å². The second-order valence-corrected chi connectivity index (χ2v) is 6.87. The van der Waals surface area contributed by atoms with Gasteiger partial charge in [-0.1, -0.05) is 12.6 Å².